The highest BCUT2D eigenvalue weighted by Crippen LogP contribution is 2.20. The minimum absolute atomic E-state index is 0.238. The second-order valence-electron chi connectivity index (χ2n) is 2.71. The molecule has 0 fully saturated rings. The van der Waals surface area contributed by atoms with Crippen molar-refractivity contribution in [2.24, 2.45) is 0 Å². The first kappa shape index (κ1) is 10.1. The van der Waals surface area contributed by atoms with Gasteiger partial charge in [0.1, 0.15) is 11.1 Å². The van der Waals surface area contributed by atoms with Gasteiger partial charge in [-0.15, -0.1) is 0 Å². The van der Waals surface area contributed by atoms with Crippen LogP contribution in [0.2, 0.25) is 0 Å². The van der Waals surface area contributed by atoms with Crippen LogP contribution in [-0.2, 0) is 10.1 Å². The van der Waals surface area contributed by atoms with Crippen LogP contribution in [0.1, 0.15) is 17.7 Å². The Morgan fingerprint density at radius 3 is 2.54 bits per heavy atom. The Balaban J connectivity index is 3.10. The van der Waals surface area contributed by atoms with Crippen LogP contribution in [0.15, 0.2) is 24.3 Å². The molecule has 13 heavy (non-hydrogen) atoms. The van der Waals surface area contributed by atoms with E-state index in [4.69, 9.17) is 4.55 Å². The first-order valence-corrected chi connectivity index (χ1v) is 5.13. The van der Waals surface area contributed by atoms with Crippen LogP contribution in [0.4, 0.5) is 4.39 Å². The van der Waals surface area contributed by atoms with Crippen molar-refractivity contribution < 1.29 is 17.4 Å². The summed E-state index contributed by atoms with van der Waals surface area (Å²) in [7, 11) is -4.14. The average molecular weight is 204 g/mol. The summed E-state index contributed by atoms with van der Waals surface area (Å²) in [5, 5.41) is -1.09. The summed E-state index contributed by atoms with van der Waals surface area (Å²) < 4.78 is 42.7. The van der Waals surface area contributed by atoms with Crippen molar-refractivity contribution in [2.75, 3.05) is 0 Å². The summed E-state index contributed by atoms with van der Waals surface area (Å²) in [4.78, 5) is 0. The van der Waals surface area contributed by atoms with Gasteiger partial charge in [0.25, 0.3) is 10.1 Å². The monoisotopic (exact) mass is 204 g/mol. The largest absolute Gasteiger partial charge is 0.285 e. The lowest BCUT2D eigenvalue weighted by Crippen LogP contribution is -2.08. The van der Waals surface area contributed by atoms with E-state index < -0.39 is 21.2 Å². The topological polar surface area (TPSA) is 54.4 Å². The van der Waals surface area contributed by atoms with Crippen molar-refractivity contribution >= 4 is 10.1 Å². The maximum atomic E-state index is 12.6. The van der Waals surface area contributed by atoms with Crippen molar-refractivity contribution in [1.29, 1.82) is 0 Å². The van der Waals surface area contributed by atoms with Gasteiger partial charge in [-0.3, -0.25) is 4.55 Å². The van der Waals surface area contributed by atoms with Crippen LogP contribution in [0.5, 0.6) is 0 Å². The van der Waals surface area contributed by atoms with E-state index in [9.17, 15) is 12.8 Å². The zero-order chi connectivity index (χ0) is 10.1. The maximum Gasteiger partial charge on any atom is 0.271 e. The Morgan fingerprint density at radius 2 is 2.08 bits per heavy atom. The van der Waals surface area contributed by atoms with Crippen molar-refractivity contribution in [1.82, 2.24) is 0 Å². The van der Waals surface area contributed by atoms with E-state index in [1.54, 1.807) is 0 Å². The molecule has 0 aromatic heterocycles. The highest BCUT2D eigenvalue weighted by atomic mass is 32.2. The highest BCUT2D eigenvalue weighted by molar-refractivity contribution is 7.86. The molecule has 1 rings (SSSR count). The minimum Gasteiger partial charge on any atom is -0.285 e. The fraction of sp³-hybridized carbons (Fsp3) is 0.250. The fourth-order valence-electron chi connectivity index (χ4n) is 0.931. The van der Waals surface area contributed by atoms with Crippen molar-refractivity contribution in [2.45, 2.75) is 12.2 Å². The normalized spacial score (nSPS) is 14.1. The van der Waals surface area contributed by atoms with Crippen LogP contribution in [0.3, 0.4) is 0 Å². The molecule has 0 amide bonds. The Hall–Kier alpha value is -0.940. The minimum atomic E-state index is -4.14. The summed E-state index contributed by atoms with van der Waals surface area (Å²) in [6.45, 7) is 1.30. The van der Waals surface area contributed by atoms with Crippen molar-refractivity contribution in [3.8, 4) is 0 Å². The number of hydrogen-bond donors (Lipinski definition) is 1. The first-order valence-electron chi connectivity index (χ1n) is 3.63. The Morgan fingerprint density at radius 1 is 1.46 bits per heavy atom. The molecule has 0 saturated carbocycles. The van der Waals surface area contributed by atoms with E-state index in [1.807, 2.05) is 0 Å². The van der Waals surface area contributed by atoms with E-state index in [0.29, 0.717) is 0 Å². The smallest absolute Gasteiger partial charge is 0.271 e. The molecule has 1 aromatic carbocycles. The Labute approximate surface area is 76.0 Å². The third-order valence-corrected chi connectivity index (χ3v) is 2.93. The molecule has 0 aliphatic rings. The highest BCUT2D eigenvalue weighted by Gasteiger charge is 2.19. The molecule has 0 heterocycles. The van der Waals surface area contributed by atoms with Gasteiger partial charge in [-0.1, -0.05) is 12.1 Å². The number of rotatable bonds is 2. The molecule has 0 aliphatic carbocycles. The van der Waals surface area contributed by atoms with E-state index in [1.165, 1.54) is 25.1 Å². The summed E-state index contributed by atoms with van der Waals surface area (Å²) in [5.74, 6) is -0.520. The van der Waals surface area contributed by atoms with Gasteiger partial charge in [-0.05, 0) is 24.6 Å². The lowest BCUT2D eigenvalue weighted by atomic mass is 10.2. The summed E-state index contributed by atoms with van der Waals surface area (Å²) in [6.07, 6.45) is 0. The quantitative estimate of drug-likeness (QED) is 0.747. The Kier molecular flexibility index (Phi) is 2.68. The van der Waals surface area contributed by atoms with E-state index in [0.717, 1.165) is 6.07 Å². The number of hydrogen-bond acceptors (Lipinski definition) is 2. The number of benzene rings is 1. The van der Waals surface area contributed by atoms with Crippen LogP contribution in [0, 0.1) is 5.82 Å². The molecule has 0 aliphatic heterocycles. The van der Waals surface area contributed by atoms with Crippen molar-refractivity contribution in [3.05, 3.63) is 35.6 Å². The first-order chi connectivity index (χ1) is 5.91. The SMILES string of the molecule is CC(c1cccc(F)c1)S(=O)(=O)O. The molecule has 72 valence electrons. The lowest BCUT2D eigenvalue weighted by molar-refractivity contribution is 0.472. The number of halogens is 1. The third-order valence-electron chi connectivity index (χ3n) is 1.76. The van der Waals surface area contributed by atoms with E-state index >= 15 is 0 Å². The van der Waals surface area contributed by atoms with Gasteiger partial charge in [0, 0.05) is 0 Å². The third kappa shape index (κ3) is 2.50. The van der Waals surface area contributed by atoms with Crippen LogP contribution < -0.4 is 0 Å². The predicted molar refractivity (Wildman–Crippen MR) is 46.4 cm³/mol. The molecule has 0 spiro atoms. The molecular weight excluding hydrogens is 195 g/mol. The van der Waals surface area contributed by atoms with Crippen molar-refractivity contribution in [3.63, 3.8) is 0 Å². The van der Waals surface area contributed by atoms with Gasteiger partial charge in [0.05, 0.1) is 0 Å². The van der Waals surface area contributed by atoms with Crippen LogP contribution in [0.25, 0.3) is 0 Å². The van der Waals surface area contributed by atoms with Gasteiger partial charge < -0.3 is 0 Å². The molecular formula is C8H9FO3S. The lowest BCUT2D eigenvalue weighted by Gasteiger charge is -2.07. The zero-order valence-corrected chi connectivity index (χ0v) is 7.75. The molecule has 1 unspecified atom stereocenters. The molecule has 1 N–H and O–H groups in total. The molecule has 3 nitrogen and oxygen atoms in total. The van der Waals surface area contributed by atoms with Crippen LogP contribution in [-0.4, -0.2) is 13.0 Å². The average Bonchev–Trinajstić information content (AvgIpc) is 2.01. The molecule has 0 radical (unpaired) electrons. The fourth-order valence-corrected chi connectivity index (χ4v) is 1.42. The summed E-state index contributed by atoms with van der Waals surface area (Å²) in [6, 6.07) is 5.13. The molecule has 1 aromatic rings. The second-order valence-corrected chi connectivity index (χ2v) is 4.45. The molecule has 1 atom stereocenters. The molecule has 0 saturated heterocycles. The van der Waals surface area contributed by atoms with Gasteiger partial charge in [-0.2, -0.15) is 8.42 Å². The Bertz CT molecular complexity index is 400. The summed E-state index contributed by atoms with van der Waals surface area (Å²) >= 11 is 0. The summed E-state index contributed by atoms with van der Waals surface area (Å²) in [5.41, 5.74) is 0.238. The molecule has 5 heteroatoms. The van der Waals surface area contributed by atoms with Gasteiger partial charge in [-0.25, -0.2) is 4.39 Å². The van der Waals surface area contributed by atoms with E-state index in [2.05, 4.69) is 0 Å². The van der Waals surface area contributed by atoms with Gasteiger partial charge in [0.2, 0.25) is 0 Å². The van der Waals surface area contributed by atoms with Gasteiger partial charge in [0.15, 0.2) is 0 Å². The maximum absolute atomic E-state index is 12.6. The van der Waals surface area contributed by atoms with Crippen LogP contribution >= 0.6 is 0 Å². The zero-order valence-electron chi connectivity index (χ0n) is 6.94. The standard InChI is InChI=1S/C8H9FO3S/c1-6(13(10,11)12)7-3-2-4-8(9)5-7/h2-6H,1H3,(H,10,11,12). The second kappa shape index (κ2) is 3.43. The molecule has 0 bridgehead atoms. The van der Waals surface area contributed by atoms with Gasteiger partial charge >= 0.3 is 0 Å². The van der Waals surface area contributed by atoms with E-state index in [-0.39, 0.29) is 5.56 Å². The predicted octanol–water partition coefficient (Wildman–Crippen LogP) is 1.77.